The van der Waals surface area contributed by atoms with Crippen molar-refractivity contribution in [2.45, 2.75) is 53.4 Å². The molecule has 1 fully saturated rings. The zero-order chi connectivity index (χ0) is 22.4. The molecule has 1 rings (SSSR count). The van der Waals surface area contributed by atoms with Gasteiger partial charge in [0.25, 0.3) is 0 Å². The highest BCUT2D eigenvalue weighted by Crippen LogP contribution is 2.21. The highest BCUT2D eigenvalue weighted by atomic mass is 16.3. The largest absolute Gasteiger partial charge is 0.395 e. The average molecular weight is 421 g/mol. The lowest BCUT2D eigenvalue weighted by molar-refractivity contribution is -0.127. The van der Waals surface area contributed by atoms with Crippen molar-refractivity contribution in [1.29, 1.82) is 0 Å². The Morgan fingerprint density at radius 1 is 1.20 bits per heavy atom. The summed E-state index contributed by atoms with van der Waals surface area (Å²) in [5.74, 6) is 0.415. The number of hydrogen-bond acceptors (Lipinski definition) is 4. The first-order valence-corrected chi connectivity index (χ1v) is 11.1. The van der Waals surface area contributed by atoms with Gasteiger partial charge in [0.2, 0.25) is 5.91 Å². The van der Waals surface area contributed by atoms with Gasteiger partial charge in [0.15, 0.2) is 0 Å². The minimum atomic E-state index is -0.344. The van der Waals surface area contributed by atoms with Crippen LogP contribution in [0.25, 0.3) is 0 Å². The van der Waals surface area contributed by atoms with E-state index >= 15 is 0 Å². The highest BCUT2D eigenvalue weighted by Gasteiger charge is 2.18. The Morgan fingerprint density at radius 2 is 1.90 bits per heavy atom. The summed E-state index contributed by atoms with van der Waals surface area (Å²) in [4.78, 5) is 27.0. The first kappa shape index (κ1) is 25.9. The smallest absolute Gasteiger partial charge is 0.319 e. The Bertz CT molecular complexity index is 632. The fourth-order valence-corrected chi connectivity index (χ4v) is 3.25. The van der Waals surface area contributed by atoms with Crippen molar-refractivity contribution in [1.82, 2.24) is 20.9 Å². The second-order valence-electron chi connectivity index (χ2n) is 8.04. The molecule has 7 nitrogen and oxygen atoms in total. The van der Waals surface area contributed by atoms with Gasteiger partial charge < -0.3 is 26.0 Å². The van der Waals surface area contributed by atoms with Crippen LogP contribution in [0.3, 0.4) is 0 Å². The topological polar surface area (TPSA) is 93.7 Å². The van der Waals surface area contributed by atoms with Crippen molar-refractivity contribution in [3.63, 3.8) is 0 Å². The molecule has 0 aromatic heterocycles. The monoisotopic (exact) mass is 420 g/mol. The number of nitrogens with zero attached hydrogens (tertiary/aromatic N) is 1. The molecule has 0 aromatic rings. The number of carbonyl (C=O) groups is 2. The van der Waals surface area contributed by atoms with Gasteiger partial charge in [-0.15, -0.1) is 0 Å². The van der Waals surface area contributed by atoms with Gasteiger partial charge in [0, 0.05) is 50.4 Å². The lowest BCUT2D eigenvalue weighted by atomic mass is 9.97. The molecule has 1 saturated heterocycles. The average Bonchev–Trinajstić information content (AvgIpc) is 2.73. The molecule has 1 aliphatic heterocycles. The van der Waals surface area contributed by atoms with Crippen LogP contribution in [-0.2, 0) is 4.79 Å². The van der Waals surface area contributed by atoms with Crippen LogP contribution in [0.2, 0.25) is 0 Å². The second kappa shape index (κ2) is 14.8. The summed E-state index contributed by atoms with van der Waals surface area (Å²) in [6.07, 6.45) is 9.50. The Morgan fingerprint density at radius 3 is 2.50 bits per heavy atom. The van der Waals surface area contributed by atoms with E-state index in [2.05, 4.69) is 48.9 Å². The van der Waals surface area contributed by atoms with E-state index in [9.17, 15) is 9.59 Å². The summed E-state index contributed by atoms with van der Waals surface area (Å²) in [7, 11) is 0. The summed E-state index contributed by atoms with van der Waals surface area (Å²) in [5.41, 5.74) is 2.44. The minimum Gasteiger partial charge on any atom is -0.395 e. The fraction of sp³-hybridized carbons (Fsp3) is 0.652. The third-order valence-corrected chi connectivity index (χ3v) is 4.75. The number of hydrogen-bond donors (Lipinski definition) is 4. The molecule has 30 heavy (non-hydrogen) atoms. The van der Waals surface area contributed by atoms with Gasteiger partial charge in [-0.05, 0) is 37.3 Å². The SMILES string of the molecule is CCCC=CC/C(NC(=O)NCCO)=C(\C=C(/C)C(=O)N1CCNCC1)CC(C)C. The van der Waals surface area contributed by atoms with E-state index in [1.165, 1.54) is 0 Å². The lowest BCUT2D eigenvalue weighted by Crippen LogP contribution is -2.46. The van der Waals surface area contributed by atoms with Crippen molar-refractivity contribution in [2.24, 2.45) is 5.92 Å². The molecule has 0 saturated carbocycles. The normalized spacial score (nSPS) is 16.1. The number of rotatable bonds is 11. The van der Waals surface area contributed by atoms with Crippen molar-refractivity contribution in [3.8, 4) is 0 Å². The number of aliphatic hydroxyl groups excluding tert-OH is 1. The van der Waals surface area contributed by atoms with E-state index in [1.54, 1.807) is 0 Å². The standard InChI is InChI=1S/C23H40N4O3/c1-5-6-7-8-9-21(26-23(30)25-12-15-28)20(16-18(2)3)17-19(4)22(29)27-13-10-24-11-14-27/h7-8,17-18,24,28H,5-6,9-16H2,1-4H3,(H2,25,26,30)/b8-7?,19-17+,21-20+. The second-order valence-corrected chi connectivity index (χ2v) is 8.04. The molecule has 0 spiro atoms. The van der Waals surface area contributed by atoms with Crippen LogP contribution in [0, 0.1) is 5.92 Å². The van der Waals surface area contributed by atoms with Crippen LogP contribution >= 0.6 is 0 Å². The molecule has 7 heteroatoms. The number of nitrogens with one attached hydrogen (secondary N) is 3. The lowest BCUT2D eigenvalue weighted by Gasteiger charge is -2.28. The summed E-state index contributed by atoms with van der Waals surface area (Å²) in [6, 6.07) is -0.344. The molecule has 3 amide bonds. The van der Waals surface area contributed by atoms with Crippen LogP contribution in [0.5, 0.6) is 0 Å². The van der Waals surface area contributed by atoms with Gasteiger partial charge in [-0.25, -0.2) is 4.79 Å². The summed E-state index contributed by atoms with van der Waals surface area (Å²) >= 11 is 0. The van der Waals surface area contributed by atoms with E-state index in [4.69, 9.17) is 5.11 Å². The molecule has 0 atom stereocenters. The van der Waals surface area contributed by atoms with Gasteiger partial charge >= 0.3 is 6.03 Å². The number of allylic oxidation sites excluding steroid dienone is 4. The maximum atomic E-state index is 12.9. The fourth-order valence-electron chi connectivity index (χ4n) is 3.25. The van der Waals surface area contributed by atoms with Crippen LogP contribution in [0.15, 0.2) is 35.1 Å². The number of carbonyl (C=O) groups excluding carboxylic acids is 2. The van der Waals surface area contributed by atoms with Gasteiger partial charge in [-0.3, -0.25) is 4.79 Å². The molecule has 170 valence electrons. The number of aliphatic hydroxyl groups is 1. The van der Waals surface area contributed by atoms with Gasteiger partial charge in [0.05, 0.1) is 6.61 Å². The van der Waals surface area contributed by atoms with E-state index in [0.717, 1.165) is 43.6 Å². The molecule has 0 unspecified atom stereocenters. The Balaban J connectivity index is 3.16. The van der Waals surface area contributed by atoms with Crippen molar-refractivity contribution < 1.29 is 14.7 Å². The molecule has 0 bridgehead atoms. The van der Waals surface area contributed by atoms with Crippen LogP contribution in [-0.4, -0.2) is 61.3 Å². The Hall–Kier alpha value is -2.12. The molecular formula is C23H40N4O3. The Kier molecular flexibility index (Phi) is 12.8. The quantitative estimate of drug-likeness (QED) is 0.235. The first-order chi connectivity index (χ1) is 14.4. The van der Waals surface area contributed by atoms with Crippen molar-refractivity contribution in [2.75, 3.05) is 39.3 Å². The van der Waals surface area contributed by atoms with E-state index in [-0.39, 0.29) is 25.1 Å². The van der Waals surface area contributed by atoms with Crippen LogP contribution in [0.4, 0.5) is 4.79 Å². The first-order valence-electron chi connectivity index (χ1n) is 11.1. The molecule has 0 aliphatic carbocycles. The highest BCUT2D eigenvalue weighted by molar-refractivity contribution is 5.93. The Labute approximate surface area is 181 Å². The molecule has 1 aliphatic rings. The molecule has 0 aromatic carbocycles. The number of piperazine rings is 1. The number of urea groups is 1. The molecule has 1 heterocycles. The maximum absolute atomic E-state index is 12.9. The molecule has 4 N–H and O–H groups in total. The summed E-state index contributed by atoms with van der Waals surface area (Å²) in [5, 5.41) is 17.8. The van der Waals surface area contributed by atoms with Gasteiger partial charge in [-0.2, -0.15) is 0 Å². The van der Waals surface area contributed by atoms with Gasteiger partial charge in [-0.1, -0.05) is 39.3 Å². The van der Waals surface area contributed by atoms with Crippen molar-refractivity contribution >= 4 is 11.9 Å². The van der Waals surface area contributed by atoms with Crippen LogP contribution < -0.4 is 16.0 Å². The van der Waals surface area contributed by atoms with Crippen molar-refractivity contribution in [3.05, 3.63) is 35.1 Å². The number of unbranched alkanes of at least 4 members (excludes halogenated alkanes) is 1. The zero-order valence-corrected chi connectivity index (χ0v) is 19.1. The summed E-state index contributed by atoms with van der Waals surface area (Å²) in [6.45, 7) is 11.3. The molecular weight excluding hydrogens is 380 g/mol. The van der Waals surface area contributed by atoms with E-state index in [0.29, 0.717) is 31.0 Å². The maximum Gasteiger partial charge on any atom is 0.319 e. The summed E-state index contributed by atoms with van der Waals surface area (Å²) < 4.78 is 0. The van der Waals surface area contributed by atoms with Gasteiger partial charge in [0.1, 0.15) is 0 Å². The predicted molar refractivity (Wildman–Crippen MR) is 122 cm³/mol. The predicted octanol–water partition coefficient (Wildman–Crippen LogP) is 2.70. The molecule has 0 radical (unpaired) electrons. The van der Waals surface area contributed by atoms with E-state index < -0.39 is 0 Å². The number of amides is 3. The van der Waals surface area contributed by atoms with Crippen LogP contribution in [0.1, 0.15) is 53.4 Å². The minimum absolute atomic E-state index is 0.0448. The third-order valence-electron chi connectivity index (χ3n) is 4.75. The zero-order valence-electron chi connectivity index (χ0n) is 19.1. The third kappa shape index (κ3) is 10.1. The van der Waals surface area contributed by atoms with E-state index in [1.807, 2.05) is 17.9 Å².